The smallest absolute Gasteiger partial charge is 0.253 e. The second-order valence-corrected chi connectivity index (χ2v) is 12.3. The number of hydrogen-bond donors (Lipinski definition) is 3. The molecule has 0 saturated carbocycles. The molecule has 9 heteroatoms. The van der Waals surface area contributed by atoms with Crippen molar-refractivity contribution >= 4 is 52.4 Å². The van der Waals surface area contributed by atoms with Gasteiger partial charge in [-0.15, -0.1) is 11.8 Å². The Kier molecular flexibility index (Phi) is 9.22. The van der Waals surface area contributed by atoms with Gasteiger partial charge in [0, 0.05) is 70.1 Å². The van der Waals surface area contributed by atoms with Gasteiger partial charge in [0.15, 0.2) is 5.78 Å². The topological polar surface area (TPSA) is 77.2 Å². The number of anilines is 1. The summed E-state index contributed by atoms with van der Waals surface area (Å²) in [7, 11) is 0. The molecular formula is C32H36ClFN4O2S. The Hall–Kier alpha value is -3.07. The summed E-state index contributed by atoms with van der Waals surface area (Å²) >= 11 is 8.12. The minimum absolute atomic E-state index is 0.00342. The maximum absolute atomic E-state index is 13.4. The lowest BCUT2D eigenvalue weighted by molar-refractivity contribution is -0.112. The number of aromatic amines is 1. The second-order valence-electron chi connectivity index (χ2n) is 10.8. The summed E-state index contributed by atoms with van der Waals surface area (Å²) in [6.07, 6.45) is 2.27. The zero-order valence-electron chi connectivity index (χ0n) is 23.7. The molecule has 3 heterocycles. The van der Waals surface area contributed by atoms with E-state index in [1.807, 2.05) is 44.2 Å². The monoisotopic (exact) mass is 594 g/mol. The predicted octanol–water partition coefficient (Wildman–Crippen LogP) is 6.58. The van der Waals surface area contributed by atoms with Crippen LogP contribution in [0.2, 0.25) is 5.02 Å². The molecule has 5 rings (SSSR count). The fraction of sp³-hybridized carbons (Fsp3) is 0.375. The molecular weight excluding hydrogens is 559 g/mol. The first kappa shape index (κ1) is 29.4. The predicted molar refractivity (Wildman–Crippen MR) is 167 cm³/mol. The highest BCUT2D eigenvalue weighted by Crippen LogP contribution is 2.36. The van der Waals surface area contributed by atoms with Crippen LogP contribution < -0.4 is 10.6 Å². The fourth-order valence-electron chi connectivity index (χ4n) is 5.52. The number of halogens is 2. The Balaban J connectivity index is 1.33. The van der Waals surface area contributed by atoms with E-state index in [-0.39, 0.29) is 18.2 Å². The number of benzene rings is 2. The van der Waals surface area contributed by atoms with Crippen LogP contribution in [0.1, 0.15) is 56.8 Å². The summed E-state index contributed by atoms with van der Waals surface area (Å²) in [6, 6.07) is 12.0. The van der Waals surface area contributed by atoms with Gasteiger partial charge in [0.05, 0.1) is 12.1 Å². The number of piperidine rings is 1. The Labute approximate surface area is 250 Å². The third kappa shape index (κ3) is 6.71. The van der Waals surface area contributed by atoms with E-state index >= 15 is 0 Å². The average molecular weight is 595 g/mol. The first-order valence-corrected chi connectivity index (χ1v) is 15.4. The second kappa shape index (κ2) is 12.8. The number of ketones is 1. The van der Waals surface area contributed by atoms with Gasteiger partial charge in [0.1, 0.15) is 6.17 Å². The normalized spacial score (nSPS) is 17.0. The van der Waals surface area contributed by atoms with Gasteiger partial charge in [-0.25, -0.2) is 4.39 Å². The van der Waals surface area contributed by atoms with Crippen LogP contribution >= 0.6 is 23.4 Å². The maximum Gasteiger partial charge on any atom is 0.253 e. The van der Waals surface area contributed by atoms with E-state index in [1.54, 1.807) is 11.8 Å². The Morgan fingerprint density at radius 3 is 2.73 bits per heavy atom. The molecule has 3 aromatic rings. The molecule has 0 bridgehead atoms. The number of carbonyl (C=O) groups excluding carboxylic acids is 2. The lowest BCUT2D eigenvalue weighted by Gasteiger charge is -2.28. The first-order chi connectivity index (χ1) is 19.7. The van der Waals surface area contributed by atoms with E-state index in [0.29, 0.717) is 37.1 Å². The zero-order valence-corrected chi connectivity index (χ0v) is 25.3. The van der Waals surface area contributed by atoms with Gasteiger partial charge < -0.3 is 20.5 Å². The van der Waals surface area contributed by atoms with Crippen LogP contribution in [-0.4, -0.2) is 60.5 Å². The number of Topliss-reactive ketones (excluding diaryl/α,β-unsaturated/α-hetero) is 1. The zero-order chi connectivity index (χ0) is 29.1. The van der Waals surface area contributed by atoms with Crippen molar-refractivity contribution in [1.29, 1.82) is 0 Å². The van der Waals surface area contributed by atoms with E-state index in [9.17, 15) is 14.0 Å². The number of nitrogens with one attached hydrogen (secondary N) is 3. The van der Waals surface area contributed by atoms with E-state index in [2.05, 4.69) is 39.6 Å². The number of likely N-dealkylation sites (tertiary alicyclic amines) is 1. The van der Waals surface area contributed by atoms with Crippen molar-refractivity contribution in [3.8, 4) is 0 Å². The van der Waals surface area contributed by atoms with Crippen molar-refractivity contribution in [1.82, 2.24) is 15.2 Å². The van der Waals surface area contributed by atoms with Crippen molar-refractivity contribution in [2.75, 3.05) is 38.0 Å². The number of rotatable bonds is 8. The molecule has 1 fully saturated rings. The van der Waals surface area contributed by atoms with Crippen LogP contribution in [0, 0.1) is 20.8 Å². The van der Waals surface area contributed by atoms with Crippen LogP contribution in [0.25, 0.3) is 11.6 Å². The van der Waals surface area contributed by atoms with Gasteiger partial charge in [-0.3, -0.25) is 9.59 Å². The van der Waals surface area contributed by atoms with E-state index < -0.39 is 6.17 Å². The van der Waals surface area contributed by atoms with Crippen molar-refractivity contribution in [3.05, 3.63) is 80.6 Å². The Bertz CT molecular complexity index is 1470. The van der Waals surface area contributed by atoms with Crippen LogP contribution in [0.3, 0.4) is 0 Å². The molecule has 1 aromatic heterocycles. The number of carbonyl (C=O) groups is 2. The number of aryl methyl sites for hydroxylation is 2. The number of nitrogens with zero attached hydrogens (tertiary/aromatic N) is 1. The van der Waals surface area contributed by atoms with Crippen molar-refractivity contribution in [2.45, 2.75) is 50.4 Å². The minimum atomic E-state index is -0.708. The fourth-order valence-corrected chi connectivity index (χ4v) is 6.95. The lowest BCUT2D eigenvalue weighted by Crippen LogP contribution is -2.40. The van der Waals surface area contributed by atoms with E-state index in [1.165, 1.54) is 0 Å². The molecule has 216 valence electrons. The van der Waals surface area contributed by atoms with Crippen molar-refractivity contribution in [2.24, 2.45) is 0 Å². The standard InChI is InChI=1S/C32H36ClFN4O2S/c1-19-5-4-6-27(33)26(19)18-41-23-7-8-28-24(15-23)25(30(39)17-36-28)16-29-20(2)31(21(3)37-29)32(40)35-11-14-38-12-9-22(34)10-13-38/h4-8,15-16,22,36-37H,9-14,17-18H2,1-3H3,(H,35,40)/b25-16-. The summed E-state index contributed by atoms with van der Waals surface area (Å²) in [6.45, 7) is 8.71. The quantitative estimate of drug-likeness (QED) is 0.203. The molecule has 2 aliphatic heterocycles. The summed E-state index contributed by atoms with van der Waals surface area (Å²) in [5.74, 6) is 0.579. The highest BCUT2D eigenvalue weighted by molar-refractivity contribution is 7.98. The lowest BCUT2D eigenvalue weighted by atomic mass is 9.94. The largest absolute Gasteiger partial charge is 0.377 e. The molecule has 3 N–H and O–H groups in total. The van der Waals surface area contributed by atoms with Crippen molar-refractivity contribution < 1.29 is 14.0 Å². The number of thioether (sulfide) groups is 1. The molecule has 0 atom stereocenters. The van der Waals surface area contributed by atoms with E-state index in [0.717, 1.165) is 68.1 Å². The molecule has 41 heavy (non-hydrogen) atoms. The molecule has 0 spiro atoms. The van der Waals surface area contributed by atoms with Gasteiger partial charge in [0.2, 0.25) is 0 Å². The summed E-state index contributed by atoms with van der Waals surface area (Å²) < 4.78 is 13.4. The molecule has 1 amide bonds. The van der Waals surface area contributed by atoms with Gasteiger partial charge in [-0.1, -0.05) is 23.7 Å². The van der Waals surface area contributed by atoms with Gasteiger partial charge in [-0.05, 0) is 80.6 Å². The Morgan fingerprint density at radius 2 is 1.98 bits per heavy atom. The van der Waals surface area contributed by atoms with Gasteiger partial charge >= 0.3 is 0 Å². The number of aromatic nitrogens is 1. The van der Waals surface area contributed by atoms with E-state index in [4.69, 9.17) is 11.6 Å². The maximum atomic E-state index is 13.4. The molecule has 0 radical (unpaired) electrons. The van der Waals surface area contributed by atoms with Crippen LogP contribution in [0.15, 0.2) is 41.3 Å². The highest BCUT2D eigenvalue weighted by atomic mass is 35.5. The number of alkyl halides is 1. The summed E-state index contributed by atoms with van der Waals surface area (Å²) in [5, 5.41) is 7.01. The number of H-pyrrole nitrogens is 1. The van der Waals surface area contributed by atoms with Crippen molar-refractivity contribution in [3.63, 3.8) is 0 Å². The van der Waals surface area contributed by atoms with Gasteiger partial charge in [-0.2, -0.15) is 0 Å². The van der Waals surface area contributed by atoms with Crippen LogP contribution in [0.4, 0.5) is 10.1 Å². The average Bonchev–Trinajstić information content (AvgIpc) is 3.23. The molecule has 0 aliphatic carbocycles. The molecule has 1 saturated heterocycles. The highest BCUT2D eigenvalue weighted by Gasteiger charge is 2.24. The first-order valence-electron chi connectivity index (χ1n) is 14.0. The number of fused-ring (bicyclic) bond motifs is 1. The molecule has 2 aliphatic rings. The third-order valence-corrected chi connectivity index (χ3v) is 9.35. The van der Waals surface area contributed by atoms with Gasteiger partial charge in [0.25, 0.3) is 5.91 Å². The SMILES string of the molecule is Cc1cccc(Cl)c1CSc1ccc2c(c1)/C(=C/c1[nH]c(C)c(C(=O)NCCN3CCC(F)CC3)c1C)C(=O)CN2. The summed E-state index contributed by atoms with van der Waals surface area (Å²) in [4.78, 5) is 32.8. The minimum Gasteiger partial charge on any atom is -0.377 e. The van der Waals surface area contributed by atoms with Crippen LogP contribution in [-0.2, 0) is 10.5 Å². The number of hydrogen-bond acceptors (Lipinski definition) is 5. The number of amides is 1. The van der Waals surface area contributed by atoms with Crippen LogP contribution in [0.5, 0.6) is 0 Å². The molecule has 6 nitrogen and oxygen atoms in total. The molecule has 2 aromatic carbocycles. The third-order valence-electron chi connectivity index (χ3n) is 7.98. The molecule has 0 unspecified atom stereocenters. The summed E-state index contributed by atoms with van der Waals surface area (Å²) in [5.41, 5.74) is 7.53. The Morgan fingerprint density at radius 1 is 1.20 bits per heavy atom.